The van der Waals surface area contributed by atoms with Gasteiger partial charge in [0, 0.05) is 39.8 Å². The minimum atomic E-state index is 0.890. The molecule has 1 aliphatic rings. The quantitative estimate of drug-likeness (QED) is 0.737. The summed E-state index contributed by atoms with van der Waals surface area (Å²) in [5, 5.41) is 5.33. The van der Waals surface area contributed by atoms with Crippen molar-refractivity contribution in [3.05, 3.63) is 48.4 Å². The predicted molar refractivity (Wildman–Crippen MR) is 90.2 cm³/mol. The third-order valence-electron chi connectivity index (χ3n) is 4.43. The van der Waals surface area contributed by atoms with Crippen LogP contribution in [0.2, 0.25) is 0 Å². The lowest BCUT2D eigenvalue weighted by Crippen LogP contribution is -2.46. The molecule has 3 heterocycles. The topological polar surface area (TPSA) is 50.1 Å². The van der Waals surface area contributed by atoms with Gasteiger partial charge in [-0.05, 0) is 5.56 Å². The van der Waals surface area contributed by atoms with Gasteiger partial charge in [-0.2, -0.15) is 5.10 Å². The molecule has 6 nitrogen and oxygen atoms in total. The van der Waals surface area contributed by atoms with E-state index in [1.165, 1.54) is 5.56 Å². The Balaban J connectivity index is 1.47. The highest BCUT2D eigenvalue weighted by molar-refractivity contribution is 5.86. The van der Waals surface area contributed by atoms with Crippen LogP contribution in [0.3, 0.4) is 0 Å². The third kappa shape index (κ3) is 2.77. The molecule has 6 heteroatoms. The molecule has 1 saturated heterocycles. The van der Waals surface area contributed by atoms with Gasteiger partial charge in [0.25, 0.3) is 0 Å². The largest absolute Gasteiger partial charge is 0.353 e. The molecule has 1 fully saturated rings. The number of aryl methyl sites for hydroxylation is 1. The first-order valence-electron chi connectivity index (χ1n) is 7.95. The molecule has 0 aliphatic carbocycles. The first kappa shape index (κ1) is 14.1. The van der Waals surface area contributed by atoms with Crippen LogP contribution in [0, 0.1) is 0 Å². The lowest BCUT2D eigenvalue weighted by Gasteiger charge is -2.35. The van der Waals surface area contributed by atoms with Crippen molar-refractivity contribution in [3.63, 3.8) is 0 Å². The van der Waals surface area contributed by atoms with Crippen molar-refractivity contribution in [2.45, 2.75) is 6.54 Å². The molecule has 118 valence electrons. The summed E-state index contributed by atoms with van der Waals surface area (Å²) in [5.41, 5.74) is 2.26. The van der Waals surface area contributed by atoms with Gasteiger partial charge >= 0.3 is 0 Å². The molecule has 0 bridgehead atoms. The van der Waals surface area contributed by atoms with Crippen molar-refractivity contribution < 1.29 is 0 Å². The van der Waals surface area contributed by atoms with E-state index < -0.39 is 0 Å². The summed E-state index contributed by atoms with van der Waals surface area (Å²) in [6.07, 6.45) is 3.50. The fraction of sp³-hybridized carbons (Fsp3) is 0.353. The van der Waals surface area contributed by atoms with E-state index in [2.05, 4.69) is 55.2 Å². The maximum Gasteiger partial charge on any atom is 0.163 e. The molecule has 0 spiro atoms. The summed E-state index contributed by atoms with van der Waals surface area (Å²) in [6.45, 7) is 5.06. The van der Waals surface area contributed by atoms with Gasteiger partial charge in [-0.25, -0.2) is 9.97 Å². The molecular formula is C17H20N6. The summed E-state index contributed by atoms with van der Waals surface area (Å²) < 4.78 is 1.80. The van der Waals surface area contributed by atoms with Crippen molar-refractivity contribution in [1.29, 1.82) is 0 Å². The molecule has 4 rings (SSSR count). The molecule has 3 aromatic rings. The molecule has 23 heavy (non-hydrogen) atoms. The Hall–Kier alpha value is -2.47. The number of aromatic nitrogens is 4. The molecular weight excluding hydrogens is 288 g/mol. The number of fused-ring (bicyclic) bond motifs is 1. The van der Waals surface area contributed by atoms with Crippen LogP contribution in [0.1, 0.15) is 5.56 Å². The van der Waals surface area contributed by atoms with E-state index in [-0.39, 0.29) is 0 Å². The van der Waals surface area contributed by atoms with Gasteiger partial charge < -0.3 is 4.90 Å². The molecule has 0 unspecified atom stereocenters. The molecule has 1 aromatic carbocycles. The lowest BCUT2D eigenvalue weighted by molar-refractivity contribution is 0.249. The minimum Gasteiger partial charge on any atom is -0.353 e. The zero-order valence-corrected chi connectivity index (χ0v) is 13.3. The Morgan fingerprint density at radius 1 is 1.00 bits per heavy atom. The van der Waals surface area contributed by atoms with Gasteiger partial charge in [0.15, 0.2) is 5.65 Å². The lowest BCUT2D eigenvalue weighted by atomic mass is 10.2. The van der Waals surface area contributed by atoms with Crippen LogP contribution in [-0.4, -0.2) is 50.8 Å². The number of piperazine rings is 1. The van der Waals surface area contributed by atoms with E-state index in [1.54, 1.807) is 11.0 Å². The highest BCUT2D eigenvalue weighted by Crippen LogP contribution is 2.23. The normalized spacial score (nSPS) is 16.1. The summed E-state index contributed by atoms with van der Waals surface area (Å²) >= 11 is 0. The van der Waals surface area contributed by atoms with Gasteiger partial charge in [-0.15, -0.1) is 0 Å². The molecule has 0 N–H and O–H groups in total. The van der Waals surface area contributed by atoms with E-state index in [0.29, 0.717) is 0 Å². The average Bonchev–Trinajstić information content (AvgIpc) is 2.98. The van der Waals surface area contributed by atoms with Crippen molar-refractivity contribution in [2.75, 3.05) is 31.1 Å². The van der Waals surface area contributed by atoms with Gasteiger partial charge in [0.1, 0.15) is 12.1 Å². The van der Waals surface area contributed by atoms with Gasteiger partial charge in [0.05, 0.1) is 11.6 Å². The van der Waals surface area contributed by atoms with Crippen LogP contribution < -0.4 is 4.90 Å². The van der Waals surface area contributed by atoms with Crippen molar-refractivity contribution in [3.8, 4) is 0 Å². The van der Waals surface area contributed by atoms with Crippen molar-refractivity contribution in [2.24, 2.45) is 7.05 Å². The second kappa shape index (κ2) is 5.96. The summed E-state index contributed by atoms with van der Waals surface area (Å²) in [6, 6.07) is 10.7. The Kier molecular flexibility index (Phi) is 3.67. The minimum absolute atomic E-state index is 0.890. The van der Waals surface area contributed by atoms with E-state index in [4.69, 9.17) is 0 Å². The SMILES string of the molecule is Cn1ncc2c(N3CCN(Cc4ccccc4)CC3)ncnc21. The highest BCUT2D eigenvalue weighted by Gasteiger charge is 2.20. The number of nitrogens with zero attached hydrogens (tertiary/aromatic N) is 6. The molecule has 0 radical (unpaired) electrons. The first-order valence-corrected chi connectivity index (χ1v) is 7.95. The Morgan fingerprint density at radius 3 is 2.57 bits per heavy atom. The van der Waals surface area contributed by atoms with Gasteiger partial charge in [-0.3, -0.25) is 9.58 Å². The molecule has 2 aromatic heterocycles. The number of hydrogen-bond acceptors (Lipinski definition) is 5. The van der Waals surface area contributed by atoms with E-state index in [9.17, 15) is 0 Å². The zero-order chi connectivity index (χ0) is 15.6. The summed E-state index contributed by atoms with van der Waals surface area (Å²) in [7, 11) is 1.91. The van der Waals surface area contributed by atoms with Crippen LogP contribution in [0.5, 0.6) is 0 Å². The van der Waals surface area contributed by atoms with Gasteiger partial charge in [-0.1, -0.05) is 30.3 Å². The maximum atomic E-state index is 4.50. The third-order valence-corrected chi connectivity index (χ3v) is 4.43. The Bertz CT molecular complexity index is 789. The monoisotopic (exact) mass is 308 g/mol. The van der Waals surface area contributed by atoms with Crippen molar-refractivity contribution >= 4 is 16.9 Å². The highest BCUT2D eigenvalue weighted by atomic mass is 15.3. The van der Waals surface area contributed by atoms with E-state index in [0.717, 1.165) is 49.6 Å². The fourth-order valence-electron chi connectivity index (χ4n) is 3.16. The van der Waals surface area contributed by atoms with E-state index >= 15 is 0 Å². The number of anilines is 1. The number of benzene rings is 1. The second-order valence-electron chi connectivity index (χ2n) is 5.95. The zero-order valence-electron chi connectivity index (χ0n) is 13.3. The Morgan fingerprint density at radius 2 is 1.78 bits per heavy atom. The number of hydrogen-bond donors (Lipinski definition) is 0. The Labute approximate surface area is 135 Å². The standard InChI is InChI=1S/C17H20N6/c1-21-16-15(11-20-21)17(19-13-18-16)23-9-7-22(8-10-23)12-14-5-3-2-4-6-14/h2-6,11,13H,7-10,12H2,1H3. The van der Waals surface area contributed by atoms with Crippen LogP contribution in [-0.2, 0) is 13.6 Å². The van der Waals surface area contributed by atoms with Crippen LogP contribution in [0.25, 0.3) is 11.0 Å². The summed E-state index contributed by atoms with van der Waals surface area (Å²) in [4.78, 5) is 13.6. The second-order valence-corrected chi connectivity index (χ2v) is 5.95. The number of rotatable bonds is 3. The van der Waals surface area contributed by atoms with Crippen LogP contribution in [0.15, 0.2) is 42.9 Å². The van der Waals surface area contributed by atoms with Gasteiger partial charge in [0.2, 0.25) is 0 Å². The molecule has 0 atom stereocenters. The van der Waals surface area contributed by atoms with Crippen LogP contribution in [0.4, 0.5) is 5.82 Å². The van der Waals surface area contributed by atoms with Crippen molar-refractivity contribution in [1.82, 2.24) is 24.6 Å². The molecule has 0 saturated carbocycles. The van der Waals surface area contributed by atoms with E-state index in [1.807, 2.05) is 13.2 Å². The predicted octanol–water partition coefficient (Wildman–Crippen LogP) is 1.69. The maximum absolute atomic E-state index is 4.50. The first-order chi connectivity index (χ1) is 11.3. The molecule has 1 aliphatic heterocycles. The van der Waals surface area contributed by atoms with Crippen LogP contribution >= 0.6 is 0 Å². The summed E-state index contributed by atoms with van der Waals surface area (Å²) in [5.74, 6) is 1.00. The fourth-order valence-corrected chi connectivity index (χ4v) is 3.16. The molecule has 0 amide bonds. The smallest absolute Gasteiger partial charge is 0.163 e. The average molecular weight is 308 g/mol.